The third kappa shape index (κ3) is 2.48. The molecular weight excluding hydrogens is 312 g/mol. The topological polar surface area (TPSA) is 57.7 Å². The van der Waals surface area contributed by atoms with Gasteiger partial charge in [0.05, 0.1) is 10.7 Å². The summed E-state index contributed by atoms with van der Waals surface area (Å²) in [6.07, 6.45) is 3.87. The molecule has 0 bridgehead atoms. The fourth-order valence-electron chi connectivity index (χ4n) is 3.94. The van der Waals surface area contributed by atoms with Gasteiger partial charge in [0.25, 0.3) is 0 Å². The number of piperidine rings is 1. The minimum Gasteiger partial charge on any atom is -0.312 e. The second-order valence-electron chi connectivity index (χ2n) is 7.00. The van der Waals surface area contributed by atoms with E-state index in [-0.39, 0.29) is 11.2 Å². The molecule has 1 atom stereocenters. The predicted octanol–water partition coefficient (Wildman–Crippen LogP) is 2.00. The first kappa shape index (κ1) is 15.1. The minimum atomic E-state index is -3.20. The van der Waals surface area contributed by atoms with Crippen molar-refractivity contribution < 1.29 is 13.2 Å². The first-order valence-corrected chi connectivity index (χ1v) is 9.89. The Labute approximate surface area is 137 Å². The van der Waals surface area contributed by atoms with Crippen molar-refractivity contribution in [2.45, 2.75) is 37.4 Å². The van der Waals surface area contributed by atoms with E-state index in [4.69, 9.17) is 0 Å². The monoisotopic (exact) mass is 334 g/mol. The number of sulfonamides is 1. The molecule has 3 fully saturated rings. The van der Waals surface area contributed by atoms with Gasteiger partial charge in [0, 0.05) is 25.3 Å². The highest BCUT2D eigenvalue weighted by atomic mass is 32.2. The van der Waals surface area contributed by atoms with Crippen LogP contribution in [0.4, 0.5) is 5.69 Å². The number of carbonyl (C=O) groups excluding carboxylic acids is 1. The molecule has 1 spiro atoms. The van der Waals surface area contributed by atoms with Crippen molar-refractivity contribution >= 4 is 21.6 Å². The summed E-state index contributed by atoms with van der Waals surface area (Å²) in [5.74, 6) is 0.0967. The van der Waals surface area contributed by atoms with Crippen LogP contribution in [0.5, 0.6) is 0 Å². The molecule has 1 aromatic rings. The molecule has 1 aliphatic carbocycles. The van der Waals surface area contributed by atoms with Gasteiger partial charge >= 0.3 is 0 Å². The van der Waals surface area contributed by atoms with Gasteiger partial charge in [-0.1, -0.05) is 18.2 Å². The third-order valence-electron chi connectivity index (χ3n) is 5.43. The smallest absolute Gasteiger partial charge is 0.234 e. The summed E-state index contributed by atoms with van der Waals surface area (Å²) >= 11 is 0. The van der Waals surface area contributed by atoms with E-state index in [2.05, 4.69) is 0 Å². The lowest BCUT2D eigenvalue weighted by Gasteiger charge is -2.38. The maximum atomic E-state index is 13.0. The number of para-hydroxylation sites is 1. The van der Waals surface area contributed by atoms with Gasteiger partial charge in [0.2, 0.25) is 15.9 Å². The summed E-state index contributed by atoms with van der Waals surface area (Å²) in [5.41, 5.74) is 0.396. The van der Waals surface area contributed by atoms with Gasteiger partial charge in [-0.05, 0) is 44.2 Å². The lowest BCUT2D eigenvalue weighted by Crippen LogP contribution is -2.50. The summed E-state index contributed by atoms with van der Waals surface area (Å²) in [7, 11) is -3.20. The zero-order valence-electron chi connectivity index (χ0n) is 13.1. The summed E-state index contributed by atoms with van der Waals surface area (Å²) in [6.45, 7) is 1.62. The molecular formula is C17H22N2O3S. The number of rotatable bonds is 3. The van der Waals surface area contributed by atoms with Gasteiger partial charge in [-0.25, -0.2) is 12.7 Å². The maximum Gasteiger partial charge on any atom is 0.234 e. The van der Waals surface area contributed by atoms with E-state index in [9.17, 15) is 13.2 Å². The standard InChI is InChI=1S/C17H22N2O3S/c20-16-17(10-12-19(16)14-5-2-1-3-6-14)9-4-11-18(13-17)23(21,22)15-7-8-15/h1-3,5-6,15H,4,7-13H2/t17-/m1/s1. The van der Waals surface area contributed by atoms with Crippen molar-refractivity contribution in [1.29, 1.82) is 0 Å². The lowest BCUT2D eigenvalue weighted by atomic mass is 9.79. The fraction of sp³-hybridized carbons (Fsp3) is 0.588. The van der Waals surface area contributed by atoms with Crippen molar-refractivity contribution in [1.82, 2.24) is 4.31 Å². The molecule has 0 radical (unpaired) electrons. The van der Waals surface area contributed by atoms with Crippen LogP contribution < -0.4 is 4.90 Å². The van der Waals surface area contributed by atoms with E-state index in [1.165, 1.54) is 0 Å². The zero-order valence-corrected chi connectivity index (χ0v) is 14.0. The third-order valence-corrected chi connectivity index (χ3v) is 7.77. The molecule has 1 saturated carbocycles. The molecule has 4 rings (SSSR count). The zero-order chi connectivity index (χ0) is 16.1. The van der Waals surface area contributed by atoms with E-state index < -0.39 is 15.4 Å². The molecule has 0 N–H and O–H groups in total. The van der Waals surface area contributed by atoms with E-state index in [0.717, 1.165) is 37.8 Å². The average Bonchev–Trinajstić information content (AvgIpc) is 3.38. The Hall–Kier alpha value is -1.40. The first-order valence-electron chi connectivity index (χ1n) is 8.39. The number of carbonyl (C=O) groups is 1. The van der Waals surface area contributed by atoms with Crippen molar-refractivity contribution in [2.24, 2.45) is 5.41 Å². The van der Waals surface area contributed by atoms with Crippen molar-refractivity contribution in [3.05, 3.63) is 30.3 Å². The van der Waals surface area contributed by atoms with E-state index in [0.29, 0.717) is 19.6 Å². The van der Waals surface area contributed by atoms with Gasteiger partial charge in [-0.3, -0.25) is 4.79 Å². The second kappa shape index (κ2) is 5.31. The minimum absolute atomic E-state index is 0.0967. The Morgan fingerprint density at radius 1 is 1.04 bits per heavy atom. The van der Waals surface area contributed by atoms with Gasteiger partial charge in [0.15, 0.2) is 0 Å². The molecule has 3 aliphatic rings. The molecule has 124 valence electrons. The van der Waals surface area contributed by atoms with Crippen LogP contribution in [-0.4, -0.2) is 43.5 Å². The molecule has 5 nitrogen and oxygen atoms in total. The quantitative estimate of drug-likeness (QED) is 0.849. The molecule has 0 aromatic heterocycles. The summed E-state index contributed by atoms with van der Waals surface area (Å²) in [4.78, 5) is 14.9. The highest BCUT2D eigenvalue weighted by Crippen LogP contribution is 2.44. The number of amides is 1. The van der Waals surface area contributed by atoms with Crippen LogP contribution in [0.3, 0.4) is 0 Å². The molecule has 23 heavy (non-hydrogen) atoms. The second-order valence-corrected chi connectivity index (χ2v) is 9.22. The van der Waals surface area contributed by atoms with Crippen molar-refractivity contribution in [3.63, 3.8) is 0 Å². The SMILES string of the molecule is O=C1N(c2ccccc2)CC[C@@]12CCCN(S(=O)(=O)C1CC1)C2. The van der Waals surface area contributed by atoms with Crippen LogP contribution in [0, 0.1) is 5.41 Å². The lowest BCUT2D eigenvalue weighted by molar-refractivity contribution is -0.127. The van der Waals surface area contributed by atoms with Crippen molar-refractivity contribution in [2.75, 3.05) is 24.5 Å². The van der Waals surface area contributed by atoms with Crippen LogP contribution in [-0.2, 0) is 14.8 Å². The molecule has 2 saturated heterocycles. The van der Waals surface area contributed by atoms with Gasteiger partial charge in [-0.15, -0.1) is 0 Å². The van der Waals surface area contributed by atoms with E-state index in [1.807, 2.05) is 35.2 Å². The Kier molecular flexibility index (Phi) is 3.50. The molecule has 2 aliphatic heterocycles. The van der Waals surface area contributed by atoms with E-state index >= 15 is 0 Å². The van der Waals surface area contributed by atoms with Crippen LogP contribution >= 0.6 is 0 Å². The Balaban J connectivity index is 1.58. The highest BCUT2D eigenvalue weighted by molar-refractivity contribution is 7.90. The Morgan fingerprint density at radius 2 is 1.78 bits per heavy atom. The summed E-state index contributed by atoms with van der Waals surface area (Å²) in [5, 5.41) is -0.195. The van der Waals surface area contributed by atoms with Gasteiger partial charge in [0.1, 0.15) is 0 Å². The molecule has 6 heteroatoms. The summed E-state index contributed by atoms with van der Waals surface area (Å²) < 4.78 is 26.7. The molecule has 1 amide bonds. The highest BCUT2D eigenvalue weighted by Gasteiger charge is 2.52. The predicted molar refractivity (Wildman–Crippen MR) is 88.6 cm³/mol. The number of nitrogens with zero attached hydrogens (tertiary/aromatic N) is 2. The fourth-order valence-corrected chi connectivity index (χ4v) is 5.90. The van der Waals surface area contributed by atoms with Gasteiger partial charge in [-0.2, -0.15) is 0 Å². The normalized spacial score (nSPS) is 29.4. The van der Waals surface area contributed by atoms with Crippen molar-refractivity contribution in [3.8, 4) is 0 Å². The maximum absolute atomic E-state index is 13.0. The largest absolute Gasteiger partial charge is 0.312 e. The average molecular weight is 334 g/mol. The number of anilines is 1. The van der Waals surface area contributed by atoms with Gasteiger partial charge < -0.3 is 4.90 Å². The number of hydrogen-bond donors (Lipinski definition) is 0. The first-order chi connectivity index (χ1) is 11.0. The van der Waals surface area contributed by atoms with Crippen LogP contribution in [0.25, 0.3) is 0 Å². The molecule has 0 unspecified atom stereocenters. The molecule has 1 aromatic carbocycles. The van der Waals surface area contributed by atoms with E-state index in [1.54, 1.807) is 4.31 Å². The van der Waals surface area contributed by atoms with Crippen LogP contribution in [0.1, 0.15) is 32.1 Å². The number of hydrogen-bond acceptors (Lipinski definition) is 3. The van der Waals surface area contributed by atoms with Crippen LogP contribution in [0.15, 0.2) is 30.3 Å². The number of benzene rings is 1. The molecule has 2 heterocycles. The Morgan fingerprint density at radius 3 is 2.48 bits per heavy atom. The Bertz CT molecular complexity index is 715. The summed E-state index contributed by atoms with van der Waals surface area (Å²) in [6, 6.07) is 9.68. The van der Waals surface area contributed by atoms with Crippen LogP contribution in [0.2, 0.25) is 0 Å².